The van der Waals surface area contributed by atoms with Gasteiger partial charge < -0.3 is 15.2 Å². The van der Waals surface area contributed by atoms with E-state index in [-0.39, 0.29) is 23.4 Å². The molecule has 0 amide bonds. The molecular formula is C12H15ClN2O4. The Balaban J connectivity index is 2.06. The lowest BCUT2D eigenvalue weighted by Crippen LogP contribution is -2.43. The summed E-state index contributed by atoms with van der Waals surface area (Å²) < 4.78 is 5.33. The van der Waals surface area contributed by atoms with Crippen molar-refractivity contribution >= 4 is 23.0 Å². The summed E-state index contributed by atoms with van der Waals surface area (Å²) in [6.07, 6.45) is 0.294. The molecule has 6 nitrogen and oxygen atoms in total. The molecule has 1 aromatic carbocycles. The largest absolute Gasteiger partial charge is 0.385 e. The first kappa shape index (κ1) is 14.0. The molecule has 1 aromatic rings. The zero-order valence-electron chi connectivity index (χ0n) is 10.4. The van der Waals surface area contributed by atoms with Gasteiger partial charge in [-0.1, -0.05) is 11.6 Å². The van der Waals surface area contributed by atoms with Crippen LogP contribution in [0.15, 0.2) is 18.2 Å². The molecule has 104 valence electrons. The van der Waals surface area contributed by atoms with E-state index in [4.69, 9.17) is 16.3 Å². The molecule has 1 heterocycles. The molecule has 0 bridgehead atoms. The van der Waals surface area contributed by atoms with Crippen LogP contribution in [0, 0.1) is 10.1 Å². The maximum atomic E-state index is 10.6. The molecule has 2 atom stereocenters. The molecule has 0 spiro atoms. The molecule has 19 heavy (non-hydrogen) atoms. The van der Waals surface area contributed by atoms with Crippen molar-refractivity contribution in [3.8, 4) is 0 Å². The van der Waals surface area contributed by atoms with Crippen LogP contribution in [0.2, 0.25) is 5.02 Å². The SMILES string of the molecule is CC1OCCC1(O)CNc1ccc([N+](=O)[O-])cc1Cl. The topological polar surface area (TPSA) is 84.6 Å². The molecule has 2 N–H and O–H groups in total. The molecular weight excluding hydrogens is 272 g/mol. The van der Waals surface area contributed by atoms with E-state index in [0.717, 1.165) is 0 Å². The Labute approximate surface area is 115 Å². The summed E-state index contributed by atoms with van der Waals surface area (Å²) in [7, 11) is 0. The van der Waals surface area contributed by atoms with E-state index in [1.54, 1.807) is 0 Å². The lowest BCUT2D eigenvalue weighted by atomic mass is 9.96. The van der Waals surface area contributed by atoms with Crippen LogP contribution in [-0.4, -0.2) is 34.9 Å². The Morgan fingerprint density at radius 1 is 1.68 bits per heavy atom. The third-order valence-corrected chi connectivity index (χ3v) is 3.72. The van der Waals surface area contributed by atoms with Gasteiger partial charge >= 0.3 is 0 Å². The summed E-state index contributed by atoms with van der Waals surface area (Å²) >= 11 is 5.96. The first-order chi connectivity index (χ1) is 8.92. The molecule has 7 heteroatoms. The predicted octanol–water partition coefficient (Wildman–Crippen LogP) is 2.20. The highest BCUT2D eigenvalue weighted by Gasteiger charge is 2.39. The molecule has 2 rings (SSSR count). The maximum Gasteiger partial charge on any atom is 0.271 e. The second-order valence-corrected chi connectivity index (χ2v) is 5.05. The van der Waals surface area contributed by atoms with Gasteiger partial charge in [-0.15, -0.1) is 0 Å². The minimum atomic E-state index is -0.939. The van der Waals surface area contributed by atoms with E-state index < -0.39 is 10.5 Å². The van der Waals surface area contributed by atoms with Gasteiger partial charge in [0.05, 0.1) is 21.7 Å². The second-order valence-electron chi connectivity index (χ2n) is 4.64. The van der Waals surface area contributed by atoms with Crippen LogP contribution in [0.5, 0.6) is 0 Å². The first-order valence-corrected chi connectivity index (χ1v) is 6.32. The van der Waals surface area contributed by atoms with Gasteiger partial charge in [-0.2, -0.15) is 0 Å². The van der Waals surface area contributed by atoms with Crippen molar-refractivity contribution in [1.29, 1.82) is 0 Å². The Morgan fingerprint density at radius 3 is 2.95 bits per heavy atom. The van der Waals surface area contributed by atoms with Crippen LogP contribution in [0.3, 0.4) is 0 Å². The zero-order valence-corrected chi connectivity index (χ0v) is 11.2. The number of nitro benzene ring substituents is 1. The highest BCUT2D eigenvalue weighted by atomic mass is 35.5. The molecule has 1 saturated heterocycles. The van der Waals surface area contributed by atoms with Crippen molar-refractivity contribution in [1.82, 2.24) is 0 Å². The minimum absolute atomic E-state index is 0.0631. The van der Waals surface area contributed by atoms with E-state index in [9.17, 15) is 15.2 Å². The van der Waals surface area contributed by atoms with Crippen LogP contribution in [-0.2, 0) is 4.74 Å². The summed E-state index contributed by atoms with van der Waals surface area (Å²) in [5.41, 5.74) is -0.447. The molecule has 1 aliphatic heterocycles. The van der Waals surface area contributed by atoms with Gasteiger partial charge in [0.1, 0.15) is 5.60 Å². The minimum Gasteiger partial charge on any atom is -0.385 e. The third-order valence-electron chi connectivity index (χ3n) is 3.41. The lowest BCUT2D eigenvalue weighted by molar-refractivity contribution is -0.384. The number of nitro groups is 1. The normalized spacial score (nSPS) is 26.4. The quantitative estimate of drug-likeness (QED) is 0.655. The highest BCUT2D eigenvalue weighted by Crippen LogP contribution is 2.30. The summed E-state index contributed by atoms with van der Waals surface area (Å²) in [5.74, 6) is 0. The molecule has 0 radical (unpaired) electrons. The number of hydrogen-bond acceptors (Lipinski definition) is 5. The number of hydrogen-bond donors (Lipinski definition) is 2. The van der Waals surface area contributed by atoms with E-state index in [0.29, 0.717) is 18.7 Å². The van der Waals surface area contributed by atoms with E-state index in [2.05, 4.69) is 5.32 Å². The summed E-state index contributed by atoms with van der Waals surface area (Å²) in [6.45, 7) is 2.62. The second kappa shape index (κ2) is 5.32. The average Bonchev–Trinajstić information content (AvgIpc) is 2.68. The number of aliphatic hydroxyl groups is 1. The van der Waals surface area contributed by atoms with Crippen molar-refractivity contribution < 1.29 is 14.8 Å². The number of anilines is 1. The van der Waals surface area contributed by atoms with E-state index in [1.807, 2.05) is 6.92 Å². The standard InChI is InChI=1S/C12H15ClN2O4/c1-8-12(16,4-5-19-8)7-14-11-3-2-9(15(17)18)6-10(11)13/h2-3,6,8,14,16H,4-5,7H2,1H3. The van der Waals surface area contributed by atoms with Crippen LogP contribution in [0.25, 0.3) is 0 Å². The molecule has 2 unspecified atom stereocenters. The fraction of sp³-hybridized carbons (Fsp3) is 0.500. The molecule has 0 aliphatic carbocycles. The Hall–Kier alpha value is -1.37. The number of halogens is 1. The van der Waals surface area contributed by atoms with Crippen molar-refractivity contribution in [2.24, 2.45) is 0 Å². The van der Waals surface area contributed by atoms with E-state index in [1.165, 1.54) is 18.2 Å². The van der Waals surface area contributed by atoms with Gasteiger partial charge in [-0.3, -0.25) is 10.1 Å². The summed E-state index contributed by atoms with van der Waals surface area (Å²) in [6, 6.07) is 4.18. The number of nitrogens with one attached hydrogen (secondary N) is 1. The Morgan fingerprint density at radius 2 is 2.42 bits per heavy atom. The van der Waals surface area contributed by atoms with Crippen molar-refractivity contribution in [2.45, 2.75) is 25.0 Å². The predicted molar refractivity (Wildman–Crippen MR) is 71.6 cm³/mol. The fourth-order valence-corrected chi connectivity index (χ4v) is 2.25. The Bertz CT molecular complexity index is 497. The highest BCUT2D eigenvalue weighted by molar-refractivity contribution is 6.33. The van der Waals surface area contributed by atoms with Crippen molar-refractivity contribution in [2.75, 3.05) is 18.5 Å². The van der Waals surface area contributed by atoms with Crippen molar-refractivity contribution in [3.05, 3.63) is 33.3 Å². The molecule has 1 fully saturated rings. The van der Waals surface area contributed by atoms with Gasteiger partial charge in [0.15, 0.2) is 0 Å². The van der Waals surface area contributed by atoms with Crippen LogP contribution < -0.4 is 5.32 Å². The van der Waals surface area contributed by atoms with E-state index >= 15 is 0 Å². The number of ether oxygens (including phenoxy) is 1. The molecule has 0 saturated carbocycles. The first-order valence-electron chi connectivity index (χ1n) is 5.94. The van der Waals surface area contributed by atoms with Gasteiger partial charge in [0.2, 0.25) is 0 Å². The van der Waals surface area contributed by atoms with Crippen LogP contribution in [0.4, 0.5) is 11.4 Å². The van der Waals surface area contributed by atoms with Gasteiger partial charge in [0, 0.05) is 31.7 Å². The maximum absolute atomic E-state index is 10.6. The molecule has 0 aromatic heterocycles. The lowest BCUT2D eigenvalue weighted by Gasteiger charge is -2.26. The number of rotatable bonds is 4. The van der Waals surface area contributed by atoms with Gasteiger partial charge in [-0.25, -0.2) is 0 Å². The fourth-order valence-electron chi connectivity index (χ4n) is 2.01. The van der Waals surface area contributed by atoms with Crippen molar-refractivity contribution in [3.63, 3.8) is 0 Å². The third kappa shape index (κ3) is 2.97. The Kier molecular flexibility index (Phi) is 3.93. The number of benzene rings is 1. The molecule has 1 aliphatic rings. The monoisotopic (exact) mass is 286 g/mol. The smallest absolute Gasteiger partial charge is 0.271 e. The van der Waals surface area contributed by atoms with Gasteiger partial charge in [-0.05, 0) is 13.0 Å². The zero-order chi connectivity index (χ0) is 14.0. The number of nitrogens with zero attached hydrogens (tertiary/aromatic N) is 1. The van der Waals surface area contributed by atoms with Crippen LogP contribution in [0.1, 0.15) is 13.3 Å². The average molecular weight is 287 g/mol. The summed E-state index contributed by atoms with van der Waals surface area (Å²) in [5, 5.41) is 24.2. The summed E-state index contributed by atoms with van der Waals surface area (Å²) in [4.78, 5) is 10.1. The van der Waals surface area contributed by atoms with Crippen LogP contribution >= 0.6 is 11.6 Å². The number of non-ortho nitro benzene ring substituents is 1. The van der Waals surface area contributed by atoms with Gasteiger partial charge in [0.25, 0.3) is 5.69 Å².